The number of thiazole rings is 1. The van der Waals surface area contributed by atoms with Crippen molar-refractivity contribution in [1.29, 1.82) is 0 Å². The van der Waals surface area contributed by atoms with E-state index >= 15 is 0 Å². The fraction of sp³-hybridized carbons (Fsp3) is 0. The maximum atomic E-state index is 5.52. The van der Waals surface area contributed by atoms with Crippen LogP contribution < -0.4 is 5.73 Å². The van der Waals surface area contributed by atoms with Gasteiger partial charge < -0.3 is 5.73 Å². The lowest BCUT2D eigenvalue weighted by Crippen LogP contribution is -1.82. The van der Waals surface area contributed by atoms with Crippen molar-refractivity contribution in [1.82, 2.24) is 4.98 Å². The Hall–Kier alpha value is -1.35. The van der Waals surface area contributed by atoms with E-state index in [9.17, 15) is 0 Å². The van der Waals surface area contributed by atoms with Crippen molar-refractivity contribution in [2.24, 2.45) is 0 Å². The third kappa shape index (κ3) is 1.31. The number of rotatable bonds is 1. The lowest BCUT2D eigenvalue weighted by molar-refractivity contribution is 1.41. The monoisotopic (exact) mass is 175 g/mol. The van der Waals surface area contributed by atoms with Gasteiger partial charge in [-0.15, -0.1) is 11.3 Å². The number of aromatic nitrogens is 1. The molecule has 2 nitrogen and oxygen atoms in total. The van der Waals surface area contributed by atoms with Crippen molar-refractivity contribution in [2.75, 3.05) is 5.73 Å². The second kappa shape index (κ2) is 2.95. The van der Waals surface area contributed by atoms with Crippen LogP contribution in [-0.4, -0.2) is 4.98 Å². The van der Waals surface area contributed by atoms with Gasteiger partial charge >= 0.3 is 0 Å². The van der Waals surface area contributed by atoms with Crippen LogP contribution in [0.1, 0.15) is 0 Å². The summed E-state index contributed by atoms with van der Waals surface area (Å²) < 4.78 is 0. The van der Waals surface area contributed by atoms with Crippen molar-refractivity contribution in [2.45, 2.75) is 0 Å². The predicted molar refractivity (Wildman–Crippen MR) is 50.8 cm³/mol. The van der Waals surface area contributed by atoms with Gasteiger partial charge in [-0.2, -0.15) is 0 Å². The molecule has 0 fully saturated rings. The van der Waals surface area contributed by atoms with Gasteiger partial charge in [0, 0.05) is 10.9 Å². The highest BCUT2D eigenvalue weighted by Gasteiger charge is 1.99. The molecular formula is C9H7N2S. The van der Waals surface area contributed by atoms with E-state index in [4.69, 9.17) is 5.73 Å². The molecule has 59 valence electrons. The van der Waals surface area contributed by atoms with Crippen LogP contribution in [0.2, 0.25) is 0 Å². The van der Waals surface area contributed by atoms with Crippen LogP contribution in [0.15, 0.2) is 29.6 Å². The lowest BCUT2D eigenvalue weighted by atomic mass is 10.2. The van der Waals surface area contributed by atoms with Crippen molar-refractivity contribution < 1.29 is 0 Å². The van der Waals surface area contributed by atoms with Gasteiger partial charge in [-0.3, -0.25) is 0 Å². The number of nitrogens with zero attached hydrogens (tertiary/aromatic N) is 1. The van der Waals surface area contributed by atoms with Gasteiger partial charge in [-0.1, -0.05) is 24.3 Å². The molecule has 0 atom stereocenters. The van der Waals surface area contributed by atoms with Crippen molar-refractivity contribution in [3.05, 3.63) is 35.7 Å². The summed E-state index contributed by atoms with van der Waals surface area (Å²) in [5.41, 5.74) is 7.54. The largest absolute Gasteiger partial charge is 0.375 e. The standard InChI is InChI=1S/C9H7N2S/c10-9-11-8(6-12-9)7-4-2-1-3-5-7/h2-6H,(H2,10,11). The van der Waals surface area contributed by atoms with Gasteiger partial charge in [-0.05, 0) is 6.07 Å². The number of hydrogen-bond acceptors (Lipinski definition) is 3. The molecule has 0 bridgehead atoms. The average Bonchev–Trinajstić information content (AvgIpc) is 2.54. The SMILES string of the molecule is Nc1nc(-c2cc[c]cc2)cs1. The molecule has 12 heavy (non-hydrogen) atoms. The Morgan fingerprint density at radius 2 is 2.08 bits per heavy atom. The van der Waals surface area contributed by atoms with Crippen molar-refractivity contribution in [3.8, 4) is 11.3 Å². The molecule has 2 aromatic rings. The highest BCUT2D eigenvalue weighted by atomic mass is 32.1. The molecule has 2 N–H and O–H groups in total. The summed E-state index contributed by atoms with van der Waals surface area (Å²) in [6, 6.07) is 10.6. The molecular weight excluding hydrogens is 168 g/mol. The van der Waals surface area contributed by atoms with Crippen LogP contribution in [0.3, 0.4) is 0 Å². The van der Waals surface area contributed by atoms with E-state index in [1.807, 2.05) is 29.6 Å². The van der Waals surface area contributed by atoms with Crippen LogP contribution in [-0.2, 0) is 0 Å². The fourth-order valence-corrected chi connectivity index (χ4v) is 1.55. The summed E-state index contributed by atoms with van der Waals surface area (Å²) in [4.78, 5) is 4.16. The topological polar surface area (TPSA) is 38.9 Å². The van der Waals surface area contributed by atoms with E-state index in [-0.39, 0.29) is 0 Å². The minimum absolute atomic E-state index is 0.609. The molecule has 0 spiro atoms. The van der Waals surface area contributed by atoms with E-state index in [1.54, 1.807) is 0 Å². The molecule has 1 heterocycles. The first kappa shape index (κ1) is 7.31. The summed E-state index contributed by atoms with van der Waals surface area (Å²) in [5.74, 6) is 0. The highest BCUT2D eigenvalue weighted by Crippen LogP contribution is 2.21. The van der Waals surface area contributed by atoms with Gasteiger partial charge in [0.25, 0.3) is 0 Å². The van der Waals surface area contributed by atoms with E-state index in [2.05, 4.69) is 11.1 Å². The zero-order valence-corrected chi connectivity index (χ0v) is 7.14. The first-order valence-electron chi connectivity index (χ1n) is 3.54. The quantitative estimate of drug-likeness (QED) is 0.721. The molecule has 0 aliphatic heterocycles. The minimum atomic E-state index is 0.609. The minimum Gasteiger partial charge on any atom is -0.375 e. The third-order valence-corrected chi connectivity index (χ3v) is 2.21. The normalized spacial score (nSPS) is 10.0. The fourth-order valence-electron chi connectivity index (χ4n) is 0.978. The molecule has 1 aromatic carbocycles. The van der Waals surface area contributed by atoms with Gasteiger partial charge in [0.15, 0.2) is 5.13 Å². The lowest BCUT2D eigenvalue weighted by Gasteiger charge is -1.92. The van der Waals surface area contributed by atoms with Crippen LogP contribution in [0.4, 0.5) is 5.13 Å². The third-order valence-electron chi connectivity index (χ3n) is 1.54. The summed E-state index contributed by atoms with van der Waals surface area (Å²) in [6.07, 6.45) is 0. The smallest absolute Gasteiger partial charge is 0.180 e. The van der Waals surface area contributed by atoms with Gasteiger partial charge in [0.05, 0.1) is 5.69 Å². The zero-order valence-electron chi connectivity index (χ0n) is 6.32. The molecule has 0 aliphatic rings. The van der Waals surface area contributed by atoms with Gasteiger partial charge in [-0.25, -0.2) is 4.98 Å². The molecule has 0 saturated heterocycles. The first-order valence-corrected chi connectivity index (χ1v) is 4.42. The Morgan fingerprint density at radius 1 is 1.33 bits per heavy atom. The van der Waals surface area contributed by atoms with E-state index < -0.39 is 0 Å². The van der Waals surface area contributed by atoms with Crippen LogP contribution in [0.5, 0.6) is 0 Å². The number of hydrogen-bond donors (Lipinski definition) is 1. The maximum Gasteiger partial charge on any atom is 0.180 e. The first-order chi connectivity index (χ1) is 5.86. The molecule has 1 aromatic heterocycles. The second-order valence-electron chi connectivity index (χ2n) is 2.36. The average molecular weight is 175 g/mol. The van der Waals surface area contributed by atoms with E-state index in [0.717, 1.165) is 11.3 Å². The molecule has 3 heteroatoms. The highest BCUT2D eigenvalue weighted by molar-refractivity contribution is 7.13. The predicted octanol–water partition coefficient (Wildman–Crippen LogP) is 2.19. The molecule has 0 saturated carbocycles. The Kier molecular flexibility index (Phi) is 1.80. The molecule has 1 radical (unpaired) electrons. The van der Waals surface area contributed by atoms with Gasteiger partial charge in [0.2, 0.25) is 0 Å². The number of nitrogen functional groups attached to an aromatic ring is 1. The number of benzene rings is 1. The van der Waals surface area contributed by atoms with Crippen LogP contribution in [0, 0.1) is 6.07 Å². The number of nitrogens with two attached hydrogens (primary N) is 1. The Morgan fingerprint density at radius 3 is 2.67 bits per heavy atom. The summed E-state index contributed by atoms with van der Waals surface area (Å²) >= 11 is 1.46. The summed E-state index contributed by atoms with van der Waals surface area (Å²) in [6.45, 7) is 0. The number of anilines is 1. The molecule has 0 aliphatic carbocycles. The van der Waals surface area contributed by atoms with E-state index in [0.29, 0.717) is 5.13 Å². The van der Waals surface area contributed by atoms with Crippen molar-refractivity contribution >= 4 is 16.5 Å². The van der Waals surface area contributed by atoms with Gasteiger partial charge in [0.1, 0.15) is 0 Å². The Balaban J connectivity index is 2.45. The van der Waals surface area contributed by atoms with E-state index in [1.165, 1.54) is 11.3 Å². The Bertz CT molecular complexity index is 367. The molecule has 0 unspecified atom stereocenters. The molecule has 0 amide bonds. The molecule has 2 rings (SSSR count). The van der Waals surface area contributed by atoms with Crippen LogP contribution in [0.25, 0.3) is 11.3 Å². The zero-order chi connectivity index (χ0) is 8.39. The second-order valence-corrected chi connectivity index (χ2v) is 3.25. The summed E-state index contributed by atoms with van der Waals surface area (Å²) in [7, 11) is 0. The summed E-state index contributed by atoms with van der Waals surface area (Å²) in [5, 5.41) is 2.56. The van der Waals surface area contributed by atoms with Crippen LogP contribution >= 0.6 is 11.3 Å². The Labute approximate surface area is 74.7 Å². The maximum absolute atomic E-state index is 5.52. The van der Waals surface area contributed by atoms with Crippen molar-refractivity contribution in [3.63, 3.8) is 0 Å².